The molecule has 0 aliphatic carbocycles. The number of hydrogen-bond acceptors (Lipinski definition) is 3. The van der Waals surface area contributed by atoms with Crippen LogP contribution in [0, 0.1) is 5.82 Å². The van der Waals surface area contributed by atoms with Crippen molar-refractivity contribution < 1.29 is 14.3 Å². The first-order chi connectivity index (χ1) is 9.58. The van der Waals surface area contributed by atoms with Crippen LogP contribution in [0.2, 0.25) is 0 Å². The Morgan fingerprint density at radius 2 is 1.90 bits per heavy atom. The summed E-state index contributed by atoms with van der Waals surface area (Å²) in [5.41, 5.74) is 6.80. The van der Waals surface area contributed by atoms with Crippen molar-refractivity contribution in [3.05, 3.63) is 54.0 Å². The van der Waals surface area contributed by atoms with E-state index in [0.717, 1.165) is 0 Å². The number of nitrogen functional groups attached to an aromatic ring is 1. The molecule has 100 valence electrons. The molecule has 3 rings (SSSR count). The second kappa shape index (κ2) is 4.34. The van der Waals surface area contributed by atoms with E-state index in [9.17, 15) is 14.3 Å². The van der Waals surface area contributed by atoms with E-state index in [4.69, 9.17) is 5.73 Å². The number of benzene rings is 1. The molecule has 0 fully saturated rings. The highest BCUT2D eigenvalue weighted by Crippen LogP contribution is 2.25. The fraction of sp³-hybridized carbons (Fsp3) is 0. The van der Waals surface area contributed by atoms with Crippen LogP contribution in [0.25, 0.3) is 16.9 Å². The molecule has 0 amide bonds. The van der Waals surface area contributed by atoms with Crippen LogP contribution >= 0.6 is 0 Å². The highest BCUT2D eigenvalue weighted by molar-refractivity contribution is 5.95. The van der Waals surface area contributed by atoms with Gasteiger partial charge in [0, 0.05) is 5.56 Å². The summed E-state index contributed by atoms with van der Waals surface area (Å²) < 4.78 is 14.5. The number of rotatable bonds is 2. The van der Waals surface area contributed by atoms with Gasteiger partial charge >= 0.3 is 5.97 Å². The lowest BCUT2D eigenvalue weighted by molar-refractivity contribution is 0.0693. The van der Waals surface area contributed by atoms with Crippen molar-refractivity contribution in [2.24, 2.45) is 0 Å². The number of fused-ring (bicyclic) bond motifs is 1. The van der Waals surface area contributed by atoms with Gasteiger partial charge in [-0.05, 0) is 36.4 Å². The van der Waals surface area contributed by atoms with Crippen LogP contribution in [-0.4, -0.2) is 20.5 Å². The van der Waals surface area contributed by atoms with Crippen LogP contribution in [0.1, 0.15) is 10.5 Å². The Morgan fingerprint density at radius 1 is 1.20 bits per heavy atom. The Morgan fingerprint density at radius 3 is 2.55 bits per heavy atom. The van der Waals surface area contributed by atoms with E-state index in [1.165, 1.54) is 28.7 Å². The third-order valence-electron chi connectivity index (χ3n) is 3.00. The Bertz CT molecular complexity index is 809. The first-order valence-corrected chi connectivity index (χ1v) is 5.84. The molecule has 6 heteroatoms. The van der Waals surface area contributed by atoms with Crippen molar-refractivity contribution in [1.82, 2.24) is 9.38 Å². The van der Waals surface area contributed by atoms with Crippen LogP contribution in [0.5, 0.6) is 0 Å². The maximum absolute atomic E-state index is 13.0. The number of carbonyl (C=O) groups is 1. The quantitative estimate of drug-likeness (QED) is 0.750. The number of anilines is 1. The first-order valence-electron chi connectivity index (χ1n) is 5.84. The van der Waals surface area contributed by atoms with Crippen LogP contribution in [-0.2, 0) is 0 Å². The SMILES string of the molecule is Nc1cccc2c(C(=O)O)nc(-c3ccc(F)cc3)n12. The van der Waals surface area contributed by atoms with E-state index in [1.807, 2.05) is 0 Å². The van der Waals surface area contributed by atoms with E-state index in [2.05, 4.69) is 4.98 Å². The summed E-state index contributed by atoms with van der Waals surface area (Å²) in [7, 11) is 0. The van der Waals surface area contributed by atoms with Crippen molar-refractivity contribution in [2.75, 3.05) is 5.73 Å². The molecule has 0 radical (unpaired) electrons. The zero-order chi connectivity index (χ0) is 14.3. The maximum atomic E-state index is 13.0. The minimum absolute atomic E-state index is 0.0865. The predicted molar refractivity (Wildman–Crippen MR) is 72.0 cm³/mol. The van der Waals surface area contributed by atoms with Crippen LogP contribution in [0.15, 0.2) is 42.5 Å². The minimum Gasteiger partial charge on any atom is -0.476 e. The summed E-state index contributed by atoms with van der Waals surface area (Å²) in [6.07, 6.45) is 0. The summed E-state index contributed by atoms with van der Waals surface area (Å²) in [6.45, 7) is 0. The van der Waals surface area contributed by atoms with Crippen molar-refractivity contribution in [3.8, 4) is 11.4 Å². The molecule has 0 saturated heterocycles. The van der Waals surface area contributed by atoms with Crippen molar-refractivity contribution >= 4 is 17.3 Å². The highest BCUT2D eigenvalue weighted by Gasteiger charge is 2.18. The average molecular weight is 271 g/mol. The Hall–Kier alpha value is -2.89. The van der Waals surface area contributed by atoms with E-state index in [1.54, 1.807) is 18.2 Å². The van der Waals surface area contributed by atoms with Crippen molar-refractivity contribution in [1.29, 1.82) is 0 Å². The Kier molecular flexibility index (Phi) is 2.64. The number of carboxylic acid groups (broad SMARTS) is 1. The van der Waals surface area contributed by atoms with Gasteiger partial charge in [0.1, 0.15) is 17.5 Å². The molecular weight excluding hydrogens is 261 g/mol. The molecule has 5 nitrogen and oxygen atoms in total. The molecule has 3 aromatic rings. The number of carboxylic acids is 1. The molecule has 0 unspecified atom stereocenters. The Labute approximate surface area is 113 Å². The van der Waals surface area contributed by atoms with Crippen molar-refractivity contribution in [2.45, 2.75) is 0 Å². The van der Waals surface area contributed by atoms with Gasteiger partial charge in [-0.15, -0.1) is 0 Å². The molecule has 0 saturated carbocycles. The fourth-order valence-electron chi connectivity index (χ4n) is 2.11. The zero-order valence-electron chi connectivity index (χ0n) is 10.2. The number of nitrogens with two attached hydrogens (primary N) is 1. The van der Waals surface area contributed by atoms with Crippen LogP contribution in [0.3, 0.4) is 0 Å². The molecule has 3 N–H and O–H groups in total. The smallest absolute Gasteiger partial charge is 0.356 e. The molecule has 2 heterocycles. The van der Waals surface area contributed by atoms with E-state index in [0.29, 0.717) is 22.7 Å². The topological polar surface area (TPSA) is 80.6 Å². The minimum atomic E-state index is -1.14. The van der Waals surface area contributed by atoms with Crippen LogP contribution in [0.4, 0.5) is 10.2 Å². The number of imidazole rings is 1. The normalized spacial score (nSPS) is 10.8. The molecule has 0 bridgehead atoms. The molecular formula is C14H10FN3O2. The molecule has 0 aliphatic heterocycles. The van der Waals surface area contributed by atoms with Gasteiger partial charge in [0.05, 0.1) is 5.52 Å². The van der Waals surface area contributed by atoms with E-state index >= 15 is 0 Å². The third kappa shape index (κ3) is 1.78. The predicted octanol–water partition coefficient (Wildman–Crippen LogP) is 2.42. The molecule has 1 aromatic carbocycles. The lowest BCUT2D eigenvalue weighted by Gasteiger charge is -2.04. The summed E-state index contributed by atoms with van der Waals surface area (Å²) in [4.78, 5) is 15.4. The summed E-state index contributed by atoms with van der Waals surface area (Å²) in [5, 5.41) is 9.20. The second-order valence-corrected chi connectivity index (χ2v) is 4.27. The standard InChI is InChI=1S/C14H10FN3O2/c15-9-6-4-8(5-7-9)13-17-12(14(19)20)10-2-1-3-11(16)18(10)13/h1-7H,16H2,(H,19,20). The monoisotopic (exact) mass is 271 g/mol. The average Bonchev–Trinajstić information content (AvgIpc) is 2.81. The van der Waals surface area contributed by atoms with Gasteiger partial charge in [-0.2, -0.15) is 0 Å². The number of hydrogen-bond donors (Lipinski definition) is 2. The maximum Gasteiger partial charge on any atom is 0.356 e. The third-order valence-corrected chi connectivity index (χ3v) is 3.00. The lowest BCUT2D eigenvalue weighted by Crippen LogP contribution is -1.99. The number of halogens is 1. The summed E-state index contributed by atoms with van der Waals surface area (Å²) >= 11 is 0. The highest BCUT2D eigenvalue weighted by atomic mass is 19.1. The molecule has 20 heavy (non-hydrogen) atoms. The van der Waals surface area contributed by atoms with Crippen LogP contribution < -0.4 is 5.73 Å². The largest absolute Gasteiger partial charge is 0.476 e. The first kappa shape index (κ1) is 12.2. The molecule has 2 aromatic heterocycles. The summed E-state index contributed by atoms with van der Waals surface area (Å²) in [6, 6.07) is 10.6. The zero-order valence-corrected chi connectivity index (χ0v) is 10.2. The fourth-order valence-corrected chi connectivity index (χ4v) is 2.11. The lowest BCUT2D eigenvalue weighted by atomic mass is 10.2. The number of aromatic nitrogens is 2. The van der Waals surface area contributed by atoms with Gasteiger partial charge in [-0.3, -0.25) is 4.40 Å². The van der Waals surface area contributed by atoms with Gasteiger partial charge in [0.25, 0.3) is 0 Å². The van der Waals surface area contributed by atoms with Gasteiger partial charge in [0.15, 0.2) is 5.69 Å². The van der Waals surface area contributed by atoms with E-state index in [-0.39, 0.29) is 11.5 Å². The Balaban J connectivity index is 2.35. The number of nitrogens with zero attached hydrogens (tertiary/aromatic N) is 2. The summed E-state index contributed by atoms with van der Waals surface area (Å²) in [5.74, 6) is -0.778. The number of aromatic carboxylic acids is 1. The number of pyridine rings is 1. The van der Waals surface area contributed by atoms with Gasteiger partial charge in [0.2, 0.25) is 0 Å². The van der Waals surface area contributed by atoms with Gasteiger partial charge in [-0.25, -0.2) is 14.2 Å². The van der Waals surface area contributed by atoms with E-state index < -0.39 is 5.97 Å². The van der Waals surface area contributed by atoms with Gasteiger partial charge < -0.3 is 10.8 Å². The van der Waals surface area contributed by atoms with Gasteiger partial charge in [-0.1, -0.05) is 6.07 Å². The molecule has 0 atom stereocenters. The molecule has 0 spiro atoms. The molecule has 0 aliphatic rings. The van der Waals surface area contributed by atoms with Crippen molar-refractivity contribution in [3.63, 3.8) is 0 Å². The second-order valence-electron chi connectivity index (χ2n) is 4.27.